The maximum absolute atomic E-state index is 13.6. The number of hydrogen-bond donors (Lipinski definition) is 1. The monoisotopic (exact) mass is 559 g/mol. The van der Waals surface area contributed by atoms with Crippen molar-refractivity contribution in [3.8, 4) is 11.5 Å². The highest BCUT2D eigenvalue weighted by atomic mass is 79.9. The first kappa shape index (κ1) is 25.9. The molecule has 3 aromatic carbocycles. The second kappa shape index (κ2) is 11.6. The van der Waals surface area contributed by atoms with E-state index in [0.717, 1.165) is 4.31 Å². The van der Waals surface area contributed by atoms with E-state index in [9.17, 15) is 18.0 Å². The van der Waals surface area contributed by atoms with Gasteiger partial charge in [0.05, 0.1) is 19.0 Å². The predicted molar refractivity (Wildman–Crippen MR) is 135 cm³/mol. The summed E-state index contributed by atoms with van der Waals surface area (Å²) in [5.74, 6) is -0.564. The van der Waals surface area contributed by atoms with Crippen LogP contribution in [0.2, 0.25) is 0 Å². The van der Waals surface area contributed by atoms with E-state index in [2.05, 4.69) is 26.5 Å². The zero-order chi connectivity index (χ0) is 25.4. The highest BCUT2D eigenvalue weighted by Crippen LogP contribution is 2.32. The Morgan fingerprint density at radius 2 is 1.74 bits per heavy atom. The van der Waals surface area contributed by atoms with E-state index in [1.165, 1.54) is 32.4 Å². The maximum Gasteiger partial charge on any atom is 0.308 e. The lowest BCUT2D eigenvalue weighted by atomic mass is 10.2. The minimum absolute atomic E-state index is 0.0950. The first-order valence-electron chi connectivity index (χ1n) is 10.2. The van der Waals surface area contributed by atoms with Crippen LogP contribution in [0.3, 0.4) is 0 Å². The number of nitrogens with one attached hydrogen (secondary N) is 1. The molecule has 3 aromatic rings. The molecule has 9 nitrogen and oxygen atoms in total. The molecule has 0 aliphatic carbocycles. The van der Waals surface area contributed by atoms with Gasteiger partial charge in [-0.15, -0.1) is 0 Å². The zero-order valence-electron chi connectivity index (χ0n) is 18.8. The summed E-state index contributed by atoms with van der Waals surface area (Å²) in [5, 5.41) is 3.90. The van der Waals surface area contributed by atoms with E-state index in [4.69, 9.17) is 9.47 Å². The summed E-state index contributed by atoms with van der Waals surface area (Å²) in [6, 6.07) is 19.3. The van der Waals surface area contributed by atoms with Crippen molar-refractivity contribution in [2.45, 2.75) is 11.8 Å². The molecule has 0 bridgehead atoms. The van der Waals surface area contributed by atoms with Gasteiger partial charge < -0.3 is 9.47 Å². The number of halogens is 1. The molecule has 0 unspecified atom stereocenters. The van der Waals surface area contributed by atoms with Gasteiger partial charge in [0.1, 0.15) is 22.9 Å². The van der Waals surface area contributed by atoms with Crippen LogP contribution in [0.1, 0.15) is 12.5 Å². The molecule has 0 heterocycles. The third-order valence-corrected chi connectivity index (χ3v) is 6.86. The Balaban J connectivity index is 1.80. The Morgan fingerprint density at radius 1 is 1.06 bits per heavy atom. The second-order valence-corrected chi connectivity index (χ2v) is 9.84. The summed E-state index contributed by atoms with van der Waals surface area (Å²) >= 11 is 3.29. The summed E-state index contributed by atoms with van der Waals surface area (Å²) in [6.07, 6.45) is 1.38. The molecule has 0 spiro atoms. The first-order valence-corrected chi connectivity index (χ1v) is 12.5. The fourth-order valence-electron chi connectivity index (χ4n) is 3.01. The van der Waals surface area contributed by atoms with E-state index >= 15 is 0 Å². The highest BCUT2D eigenvalue weighted by Gasteiger charge is 2.30. The number of ether oxygens (including phenoxy) is 2. The van der Waals surface area contributed by atoms with Crippen LogP contribution in [-0.2, 0) is 19.6 Å². The molecule has 11 heteroatoms. The molecule has 0 fully saturated rings. The maximum atomic E-state index is 13.6. The number of carbonyl (C=O) groups is 2. The average molecular weight is 560 g/mol. The van der Waals surface area contributed by atoms with Crippen LogP contribution < -0.4 is 19.2 Å². The number of amides is 1. The molecule has 1 N–H and O–H groups in total. The molecular formula is C24H22BrN3O6S. The average Bonchev–Trinajstić information content (AvgIpc) is 2.83. The van der Waals surface area contributed by atoms with E-state index in [1.54, 1.807) is 60.7 Å². The van der Waals surface area contributed by atoms with Gasteiger partial charge in [-0.05, 0) is 60.2 Å². The van der Waals surface area contributed by atoms with Gasteiger partial charge in [0.2, 0.25) is 0 Å². The quantitative estimate of drug-likeness (QED) is 0.185. The summed E-state index contributed by atoms with van der Waals surface area (Å²) in [6.45, 7) is 0.779. The number of hydrogen-bond acceptors (Lipinski definition) is 7. The molecule has 0 aromatic heterocycles. The third-order valence-electron chi connectivity index (χ3n) is 4.57. The highest BCUT2D eigenvalue weighted by molar-refractivity contribution is 9.10. The Kier molecular flexibility index (Phi) is 8.61. The van der Waals surface area contributed by atoms with Crippen LogP contribution in [-0.4, -0.2) is 40.2 Å². The number of carbonyl (C=O) groups excluding carboxylic acids is 2. The van der Waals surface area contributed by atoms with Crippen molar-refractivity contribution in [2.24, 2.45) is 5.10 Å². The fraction of sp³-hybridized carbons (Fsp3) is 0.125. The van der Waals surface area contributed by atoms with Crippen LogP contribution >= 0.6 is 15.9 Å². The van der Waals surface area contributed by atoms with E-state index in [0.29, 0.717) is 21.5 Å². The molecule has 1 amide bonds. The number of anilines is 1. The van der Waals surface area contributed by atoms with E-state index in [1.807, 2.05) is 0 Å². The Morgan fingerprint density at radius 3 is 2.37 bits per heavy atom. The van der Waals surface area contributed by atoms with Crippen molar-refractivity contribution >= 4 is 49.7 Å². The van der Waals surface area contributed by atoms with Crippen molar-refractivity contribution in [1.29, 1.82) is 0 Å². The number of methoxy groups -OCH3 is 1. The van der Waals surface area contributed by atoms with Crippen molar-refractivity contribution in [2.75, 3.05) is 18.0 Å². The van der Waals surface area contributed by atoms with Gasteiger partial charge in [-0.3, -0.25) is 13.9 Å². The predicted octanol–water partition coefficient (Wildman–Crippen LogP) is 3.73. The molecule has 0 aliphatic rings. The van der Waals surface area contributed by atoms with E-state index in [-0.39, 0.29) is 10.6 Å². The fourth-order valence-corrected chi connectivity index (χ4v) is 5.13. The summed E-state index contributed by atoms with van der Waals surface area (Å²) in [5.41, 5.74) is 3.27. The van der Waals surface area contributed by atoms with Gasteiger partial charge in [-0.2, -0.15) is 5.10 Å². The Bertz CT molecular complexity index is 1330. The minimum Gasteiger partial charge on any atom is -0.495 e. The topological polar surface area (TPSA) is 114 Å². The van der Waals surface area contributed by atoms with Gasteiger partial charge in [0.15, 0.2) is 0 Å². The number of para-hydroxylation sites is 1. The standard InChI is InChI=1S/C24H22BrN3O6S/c1-17(29)34-21-11-8-18(9-12-21)15-26-27-24(30)16-28(20-6-4-3-5-7-20)35(31,32)23-14-19(25)10-13-22(23)33-2/h3-15H,16H2,1-2H3,(H,27,30)/b26-15-. The molecule has 0 aliphatic heterocycles. The van der Waals surface area contributed by atoms with E-state index < -0.39 is 28.4 Å². The zero-order valence-corrected chi connectivity index (χ0v) is 21.2. The van der Waals surface area contributed by atoms with Gasteiger partial charge in [0.25, 0.3) is 15.9 Å². The Labute approximate surface area is 211 Å². The van der Waals surface area contributed by atoms with Crippen molar-refractivity contribution in [3.63, 3.8) is 0 Å². The Hall–Kier alpha value is -3.70. The third kappa shape index (κ3) is 6.90. The normalized spacial score (nSPS) is 11.2. The van der Waals surface area contributed by atoms with Crippen molar-refractivity contribution in [1.82, 2.24) is 5.43 Å². The van der Waals surface area contributed by atoms with Crippen LogP contribution in [0.4, 0.5) is 5.69 Å². The number of benzene rings is 3. The molecule has 3 rings (SSSR count). The van der Waals surface area contributed by atoms with Crippen LogP contribution in [0.5, 0.6) is 11.5 Å². The second-order valence-electron chi connectivity index (χ2n) is 7.10. The number of rotatable bonds is 9. The first-order chi connectivity index (χ1) is 16.7. The van der Waals surface area contributed by atoms with Gasteiger partial charge >= 0.3 is 5.97 Å². The van der Waals surface area contributed by atoms with Crippen LogP contribution in [0.25, 0.3) is 0 Å². The molecule has 0 saturated carbocycles. The van der Waals surface area contributed by atoms with Gasteiger partial charge in [-0.25, -0.2) is 13.8 Å². The SMILES string of the molecule is COc1ccc(Br)cc1S(=O)(=O)N(CC(=O)N/N=C\c1ccc(OC(C)=O)cc1)c1ccccc1. The lowest BCUT2D eigenvalue weighted by molar-refractivity contribution is -0.131. The van der Waals surface area contributed by atoms with Gasteiger partial charge in [-0.1, -0.05) is 34.1 Å². The lowest BCUT2D eigenvalue weighted by Gasteiger charge is -2.24. The summed E-state index contributed by atoms with van der Waals surface area (Å²) < 4.78 is 38.9. The van der Waals surface area contributed by atoms with Crippen LogP contribution in [0, 0.1) is 0 Å². The number of sulfonamides is 1. The number of esters is 1. The minimum atomic E-state index is -4.18. The summed E-state index contributed by atoms with van der Waals surface area (Å²) in [7, 11) is -2.81. The van der Waals surface area contributed by atoms with Gasteiger partial charge in [0, 0.05) is 11.4 Å². The smallest absolute Gasteiger partial charge is 0.308 e. The molecule has 0 atom stereocenters. The number of nitrogens with zero attached hydrogens (tertiary/aromatic N) is 2. The molecule has 35 heavy (non-hydrogen) atoms. The van der Waals surface area contributed by atoms with Crippen LogP contribution in [0.15, 0.2) is 87.3 Å². The largest absolute Gasteiger partial charge is 0.495 e. The molecular weight excluding hydrogens is 538 g/mol. The lowest BCUT2D eigenvalue weighted by Crippen LogP contribution is -2.39. The molecule has 182 valence electrons. The summed E-state index contributed by atoms with van der Waals surface area (Å²) in [4.78, 5) is 23.6. The molecule has 0 radical (unpaired) electrons. The van der Waals surface area contributed by atoms with Crippen molar-refractivity contribution in [3.05, 3.63) is 82.8 Å². The number of hydrazone groups is 1. The van der Waals surface area contributed by atoms with Crippen molar-refractivity contribution < 1.29 is 27.5 Å². The molecule has 0 saturated heterocycles.